The maximum atomic E-state index is 11.2. The van der Waals surface area contributed by atoms with Crippen molar-refractivity contribution >= 4 is 6.29 Å². The Morgan fingerprint density at radius 2 is 1.78 bits per heavy atom. The van der Waals surface area contributed by atoms with Crippen LogP contribution in [0.5, 0.6) is 0 Å². The minimum atomic E-state index is -0.402. The highest BCUT2D eigenvalue weighted by atomic mass is 16.5. The molecule has 1 aliphatic carbocycles. The molecular formula is C16H26O2. The molecule has 18 heavy (non-hydrogen) atoms. The van der Waals surface area contributed by atoms with Gasteiger partial charge in [-0.1, -0.05) is 53.2 Å². The third-order valence-electron chi connectivity index (χ3n) is 3.93. The first kappa shape index (κ1) is 15.2. The van der Waals surface area contributed by atoms with E-state index in [0.29, 0.717) is 0 Å². The summed E-state index contributed by atoms with van der Waals surface area (Å²) in [6.07, 6.45) is 5.75. The smallest absolute Gasteiger partial charge is 0.149 e. The van der Waals surface area contributed by atoms with Gasteiger partial charge >= 0.3 is 0 Å². The van der Waals surface area contributed by atoms with Crippen molar-refractivity contribution in [1.82, 2.24) is 0 Å². The molecule has 0 bridgehead atoms. The highest BCUT2D eigenvalue weighted by Crippen LogP contribution is 2.46. The lowest BCUT2D eigenvalue weighted by Gasteiger charge is -2.46. The first-order valence-electron chi connectivity index (χ1n) is 6.50. The number of carbonyl (C=O) groups excluding carboxylic acids is 1. The molecule has 0 fully saturated rings. The minimum Gasteiger partial charge on any atom is -0.373 e. The summed E-state index contributed by atoms with van der Waals surface area (Å²) in [7, 11) is 1.73. The van der Waals surface area contributed by atoms with Gasteiger partial charge in [-0.15, -0.1) is 0 Å². The van der Waals surface area contributed by atoms with E-state index in [1.165, 1.54) is 5.57 Å². The van der Waals surface area contributed by atoms with Crippen molar-refractivity contribution in [2.45, 2.75) is 53.6 Å². The Morgan fingerprint density at radius 3 is 2.11 bits per heavy atom. The van der Waals surface area contributed by atoms with Crippen molar-refractivity contribution < 1.29 is 9.53 Å². The summed E-state index contributed by atoms with van der Waals surface area (Å²) in [6, 6.07) is 0. The van der Waals surface area contributed by atoms with Crippen LogP contribution in [0, 0.1) is 10.8 Å². The van der Waals surface area contributed by atoms with Crippen molar-refractivity contribution in [3.8, 4) is 0 Å². The number of hydrogen-bond acceptors (Lipinski definition) is 2. The fourth-order valence-electron chi connectivity index (χ4n) is 2.37. The van der Waals surface area contributed by atoms with E-state index >= 15 is 0 Å². The van der Waals surface area contributed by atoms with Gasteiger partial charge in [0.05, 0.1) is 5.60 Å². The van der Waals surface area contributed by atoms with Crippen LogP contribution in [0.1, 0.15) is 48.0 Å². The standard InChI is InChI=1S/C16H26O2/c1-14(2,3)13-8-12(11-17)9-16(10-13,18-7)15(4,5)6/h8-9,11H,10H2,1-7H3. The fourth-order valence-corrected chi connectivity index (χ4v) is 2.37. The number of hydrogen-bond donors (Lipinski definition) is 0. The van der Waals surface area contributed by atoms with Gasteiger partial charge in [0, 0.05) is 19.1 Å². The Kier molecular flexibility index (Phi) is 3.92. The first-order chi connectivity index (χ1) is 8.05. The Bertz CT molecular complexity index is 388. The zero-order chi connectivity index (χ0) is 14.2. The van der Waals surface area contributed by atoms with Crippen molar-refractivity contribution in [2.75, 3.05) is 7.11 Å². The summed E-state index contributed by atoms with van der Waals surface area (Å²) in [6.45, 7) is 13.0. The molecule has 0 spiro atoms. The van der Waals surface area contributed by atoms with Gasteiger partial charge in [-0.3, -0.25) is 4.79 Å². The van der Waals surface area contributed by atoms with Crippen LogP contribution < -0.4 is 0 Å². The molecule has 1 unspecified atom stereocenters. The molecule has 1 rings (SSSR count). The van der Waals surface area contributed by atoms with E-state index in [1.54, 1.807) is 7.11 Å². The second kappa shape index (κ2) is 4.65. The summed E-state index contributed by atoms with van der Waals surface area (Å²) >= 11 is 0. The van der Waals surface area contributed by atoms with Crippen LogP contribution in [-0.4, -0.2) is 19.0 Å². The Balaban J connectivity index is 3.33. The summed E-state index contributed by atoms with van der Waals surface area (Å²) in [5.41, 5.74) is 1.59. The average molecular weight is 250 g/mol. The molecule has 102 valence electrons. The van der Waals surface area contributed by atoms with Gasteiger partial charge in [0.2, 0.25) is 0 Å². The first-order valence-corrected chi connectivity index (χ1v) is 6.50. The Hall–Kier alpha value is -0.890. The monoisotopic (exact) mass is 250 g/mol. The molecule has 0 N–H and O–H groups in total. The summed E-state index contributed by atoms with van der Waals surface area (Å²) < 4.78 is 5.82. The molecule has 0 aromatic heterocycles. The van der Waals surface area contributed by atoms with Gasteiger partial charge in [0.1, 0.15) is 6.29 Å². The highest BCUT2D eigenvalue weighted by Gasteiger charge is 2.44. The lowest BCUT2D eigenvalue weighted by Crippen LogP contribution is -2.45. The number of carbonyl (C=O) groups is 1. The van der Waals surface area contributed by atoms with Crippen LogP contribution in [0.2, 0.25) is 0 Å². The molecule has 0 saturated carbocycles. The normalized spacial score (nSPS) is 25.5. The van der Waals surface area contributed by atoms with E-state index < -0.39 is 5.60 Å². The average Bonchev–Trinajstić information content (AvgIpc) is 2.25. The van der Waals surface area contributed by atoms with Crippen LogP contribution in [0.4, 0.5) is 0 Å². The zero-order valence-corrected chi connectivity index (χ0v) is 12.8. The van der Waals surface area contributed by atoms with E-state index in [4.69, 9.17) is 4.74 Å². The maximum absolute atomic E-state index is 11.2. The van der Waals surface area contributed by atoms with Crippen molar-refractivity contribution in [3.05, 3.63) is 23.3 Å². The van der Waals surface area contributed by atoms with Crippen LogP contribution in [0.25, 0.3) is 0 Å². The van der Waals surface area contributed by atoms with Gasteiger partial charge in [-0.25, -0.2) is 0 Å². The highest BCUT2D eigenvalue weighted by molar-refractivity contribution is 5.79. The summed E-state index contributed by atoms with van der Waals surface area (Å²) in [4.78, 5) is 11.2. The molecule has 1 atom stereocenters. The molecule has 1 aliphatic rings. The van der Waals surface area contributed by atoms with E-state index in [1.807, 2.05) is 12.2 Å². The molecule has 0 heterocycles. The SMILES string of the molecule is COC1(C(C)(C)C)C=C(C=O)C=C(C(C)(C)C)C1. The number of allylic oxidation sites excluding steroid dienone is 2. The van der Waals surface area contributed by atoms with Crippen LogP contribution in [-0.2, 0) is 9.53 Å². The lowest BCUT2D eigenvalue weighted by molar-refractivity contribution is -0.105. The Labute approximate surface area is 111 Å². The second-order valence-corrected chi connectivity index (χ2v) is 7.20. The van der Waals surface area contributed by atoms with E-state index in [-0.39, 0.29) is 10.8 Å². The lowest BCUT2D eigenvalue weighted by atomic mass is 9.66. The molecule has 2 heteroatoms. The predicted molar refractivity (Wildman–Crippen MR) is 75.5 cm³/mol. The topological polar surface area (TPSA) is 26.3 Å². The molecule has 0 saturated heterocycles. The molecule has 0 amide bonds. The number of methoxy groups -OCH3 is 1. The van der Waals surface area contributed by atoms with E-state index in [0.717, 1.165) is 18.3 Å². The molecule has 0 aromatic rings. The largest absolute Gasteiger partial charge is 0.373 e. The van der Waals surface area contributed by atoms with Gasteiger partial charge < -0.3 is 4.74 Å². The number of ether oxygens (including phenoxy) is 1. The van der Waals surface area contributed by atoms with Crippen molar-refractivity contribution in [1.29, 1.82) is 0 Å². The fraction of sp³-hybridized carbons (Fsp3) is 0.688. The van der Waals surface area contributed by atoms with E-state index in [9.17, 15) is 4.79 Å². The predicted octanol–water partition coefficient (Wildman–Crippen LogP) is 3.92. The van der Waals surface area contributed by atoms with E-state index in [2.05, 4.69) is 41.5 Å². The van der Waals surface area contributed by atoms with Gasteiger partial charge in [-0.2, -0.15) is 0 Å². The van der Waals surface area contributed by atoms with Gasteiger partial charge in [-0.05, 0) is 16.9 Å². The molecule has 0 radical (unpaired) electrons. The summed E-state index contributed by atoms with van der Waals surface area (Å²) in [5.74, 6) is 0. The molecule has 0 aliphatic heterocycles. The minimum absolute atomic E-state index is 0.0531. The molecular weight excluding hydrogens is 224 g/mol. The Morgan fingerprint density at radius 1 is 1.22 bits per heavy atom. The van der Waals surface area contributed by atoms with Gasteiger partial charge in [0.25, 0.3) is 0 Å². The zero-order valence-electron chi connectivity index (χ0n) is 12.8. The number of rotatable bonds is 2. The quantitative estimate of drug-likeness (QED) is 0.694. The van der Waals surface area contributed by atoms with Crippen LogP contribution in [0.3, 0.4) is 0 Å². The van der Waals surface area contributed by atoms with Crippen molar-refractivity contribution in [3.63, 3.8) is 0 Å². The van der Waals surface area contributed by atoms with Crippen molar-refractivity contribution in [2.24, 2.45) is 10.8 Å². The third-order valence-corrected chi connectivity index (χ3v) is 3.93. The van der Waals surface area contributed by atoms with Crippen LogP contribution >= 0.6 is 0 Å². The number of aldehydes is 1. The summed E-state index contributed by atoms with van der Waals surface area (Å²) in [5, 5.41) is 0. The van der Waals surface area contributed by atoms with Gasteiger partial charge in [0.15, 0.2) is 0 Å². The second-order valence-electron chi connectivity index (χ2n) is 7.20. The van der Waals surface area contributed by atoms with Crippen LogP contribution in [0.15, 0.2) is 23.3 Å². The maximum Gasteiger partial charge on any atom is 0.149 e. The molecule has 2 nitrogen and oxygen atoms in total. The molecule has 0 aromatic carbocycles. The third kappa shape index (κ3) is 2.74.